The van der Waals surface area contributed by atoms with Gasteiger partial charge in [0, 0.05) is 22.8 Å². The molecule has 1 N–H and O–H groups in total. The highest BCUT2D eigenvalue weighted by Gasteiger charge is 2.16. The van der Waals surface area contributed by atoms with Crippen molar-refractivity contribution in [3.05, 3.63) is 39.1 Å². The van der Waals surface area contributed by atoms with Gasteiger partial charge in [-0.3, -0.25) is 4.98 Å². The number of halogens is 1. The highest BCUT2D eigenvalue weighted by Crippen LogP contribution is 2.24. The summed E-state index contributed by atoms with van der Waals surface area (Å²) in [6.45, 7) is 2.00. The topological polar surface area (TPSA) is 58.9 Å². The SMILES string of the molecule is CCc1nnsc1C(O)Cc1ccc(Br)cn1. The normalized spacial score (nSPS) is 12.6. The lowest BCUT2D eigenvalue weighted by atomic mass is 10.1. The average Bonchev–Trinajstić information content (AvgIpc) is 2.80. The molecule has 2 aromatic heterocycles. The predicted molar refractivity (Wildman–Crippen MR) is 69.9 cm³/mol. The van der Waals surface area contributed by atoms with E-state index < -0.39 is 6.10 Å². The van der Waals surface area contributed by atoms with Crippen molar-refractivity contribution in [2.24, 2.45) is 0 Å². The lowest BCUT2D eigenvalue weighted by Crippen LogP contribution is -2.04. The van der Waals surface area contributed by atoms with Crippen molar-refractivity contribution in [3.8, 4) is 0 Å². The third-order valence-corrected chi connectivity index (χ3v) is 3.75. The minimum absolute atomic E-state index is 0.490. The van der Waals surface area contributed by atoms with Gasteiger partial charge in [-0.05, 0) is 46.0 Å². The van der Waals surface area contributed by atoms with Gasteiger partial charge in [0.25, 0.3) is 0 Å². The molecule has 6 heteroatoms. The zero-order valence-electron chi connectivity index (χ0n) is 9.30. The van der Waals surface area contributed by atoms with Crippen molar-refractivity contribution in [1.29, 1.82) is 0 Å². The van der Waals surface area contributed by atoms with Gasteiger partial charge in [-0.15, -0.1) is 5.10 Å². The van der Waals surface area contributed by atoms with Crippen molar-refractivity contribution < 1.29 is 5.11 Å². The van der Waals surface area contributed by atoms with Gasteiger partial charge in [-0.25, -0.2) is 0 Å². The lowest BCUT2D eigenvalue weighted by molar-refractivity contribution is 0.180. The third-order valence-electron chi connectivity index (χ3n) is 2.41. The molecule has 90 valence electrons. The van der Waals surface area contributed by atoms with E-state index in [1.165, 1.54) is 11.5 Å². The second kappa shape index (κ2) is 5.66. The summed E-state index contributed by atoms with van der Waals surface area (Å²) in [5, 5.41) is 14.1. The average molecular weight is 314 g/mol. The summed E-state index contributed by atoms with van der Waals surface area (Å²) in [7, 11) is 0. The molecule has 0 fully saturated rings. The van der Waals surface area contributed by atoms with E-state index in [1.54, 1.807) is 6.20 Å². The van der Waals surface area contributed by atoms with Gasteiger partial charge in [0.1, 0.15) is 0 Å². The molecule has 1 atom stereocenters. The van der Waals surface area contributed by atoms with Crippen LogP contribution in [0.4, 0.5) is 0 Å². The first-order chi connectivity index (χ1) is 8.20. The maximum Gasteiger partial charge on any atom is 0.0972 e. The van der Waals surface area contributed by atoms with E-state index in [-0.39, 0.29) is 0 Å². The van der Waals surface area contributed by atoms with Crippen molar-refractivity contribution in [2.45, 2.75) is 25.9 Å². The van der Waals surface area contributed by atoms with Gasteiger partial charge in [0.05, 0.1) is 16.7 Å². The Kier molecular flexibility index (Phi) is 4.20. The molecule has 0 aliphatic carbocycles. The van der Waals surface area contributed by atoms with Gasteiger partial charge in [0.15, 0.2) is 0 Å². The molecule has 0 aliphatic heterocycles. The molecule has 0 radical (unpaired) electrons. The largest absolute Gasteiger partial charge is 0.387 e. The maximum absolute atomic E-state index is 10.1. The summed E-state index contributed by atoms with van der Waals surface area (Å²) >= 11 is 4.59. The fourth-order valence-corrected chi connectivity index (χ4v) is 2.49. The standard InChI is InChI=1S/C11H12BrN3OS/c1-2-9-11(17-15-14-9)10(16)5-8-4-3-7(12)6-13-8/h3-4,6,10,16H,2,5H2,1H3. The molecule has 0 bridgehead atoms. The molecule has 17 heavy (non-hydrogen) atoms. The Balaban J connectivity index is 2.11. The van der Waals surface area contributed by atoms with Crippen LogP contribution < -0.4 is 0 Å². The number of aromatic nitrogens is 3. The molecule has 0 amide bonds. The van der Waals surface area contributed by atoms with Gasteiger partial charge in [0.2, 0.25) is 0 Å². The van der Waals surface area contributed by atoms with Crippen LogP contribution in [0.2, 0.25) is 0 Å². The van der Waals surface area contributed by atoms with Crippen molar-refractivity contribution in [3.63, 3.8) is 0 Å². The number of rotatable bonds is 4. The number of nitrogens with zero attached hydrogens (tertiary/aromatic N) is 3. The minimum atomic E-state index is -0.571. The molecular weight excluding hydrogens is 302 g/mol. The molecule has 0 spiro atoms. The fraction of sp³-hybridized carbons (Fsp3) is 0.364. The molecule has 4 nitrogen and oxygen atoms in total. The van der Waals surface area contributed by atoms with Gasteiger partial charge < -0.3 is 5.11 Å². The predicted octanol–water partition coefficient (Wildman–Crippen LogP) is 2.53. The van der Waals surface area contributed by atoms with Gasteiger partial charge in [-0.1, -0.05) is 11.4 Å². The first kappa shape index (κ1) is 12.6. The number of aliphatic hydroxyl groups excluding tert-OH is 1. The second-order valence-corrected chi connectivity index (χ2v) is 5.33. The van der Waals surface area contributed by atoms with Gasteiger partial charge in [-0.2, -0.15) is 0 Å². The number of pyridine rings is 1. The number of aryl methyl sites for hydroxylation is 1. The third kappa shape index (κ3) is 3.08. The number of hydrogen-bond donors (Lipinski definition) is 1. The van der Waals surface area contributed by atoms with Crippen LogP contribution in [-0.2, 0) is 12.8 Å². The fourth-order valence-electron chi connectivity index (χ4n) is 1.53. The van der Waals surface area contributed by atoms with Gasteiger partial charge >= 0.3 is 0 Å². The van der Waals surface area contributed by atoms with Crippen LogP contribution in [-0.4, -0.2) is 19.7 Å². The Hall–Kier alpha value is -0.850. The first-order valence-electron chi connectivity index (χ1n) is 5.30. The Morgan fingerprint density at radius 2 is 2.29 bits per heavy atom. The Morgan fingerprint density at radius 3 is 2.94 bits per heavy atom. The molecule has 0 saturated carbocycles. The van der Waals surface area contributed by atoms with Crippen LogP contribution in [0, 0.1) is 0 Å². The van der Waals surface area contributed by atoms with E-state index in [1.807, 2.05) is 19.1 Å². The van der Waals surface area contributed by atoms with Crippen molar-refractivity contribution >= 4 is 27.5 Å². The van der Waals surface area contributed by atoms with Crippen LogP contribution in [0.15, 0.2) is 22.8 Å². The summed E-state index contributed by atoms with van der Waals surface area (Å²) < 4.78 is 4.81. The zero-order valence-corrected chi connectivity index (χ0v) is 11.7. The molecule has 2 rings (SSSR count). The van der Waals surface area contributed by atoms with Crippen molar-refractivity contribution in [1.82, 2.24) is 14.6 Å². The van der Waals surface area contributed by atoms with Crippen molar-refractivity contribution in [2.75, 3.05) is 0 Å². The monoisotopic (exact) mass is 313 g/mol. The Morgan fingerprint density at radius 1 is 1.47 bits per heavy atom. The highest BCUT2D eigenvalue weighted by molar-refractivity contribution is 9.10. The maximum atomic E-state index is 10.1. The molecule has 0 aromatic carbocycles. The van der Waals surface area contributed by atoms with E-state index in [0.717, 1.165) is 27.2 Å². The van der Waals surface area contributed by atoms with Crippen LogP contribution in [0.5, 0.6) is 0 Å². The summed E-state index contributed by atoms with van der Waals surface area (Å²) in [5.41, 5.74) is 1.73. The molecule has 2 heterocycles. The molecule has 0 aliphatic rings. The smallest absolute Gasteiger partial charge is 0.0972 e. The van der Waals surface area contributed by atoms with Crippen LogP contribution in [0.3, 0.4) is 0 Å². The number of aliphatic hydroxyl groups is 1. The van der Waals surface area contributed by atoms with Crippen LogP contribution in [0.1, 0.15) is 29.3 Å². The zero-order chi connectivity index (χ0) is 12.3. The molecule has 2 aromatic rings. The Labute approximate surface area is 112 Å². The van der Waals surface area contributed by atoms with E-state index in [9.17, 15) is 5.11 Å². The van der Waals surface area contributed by atoms with E-state index in [2.05, 4.69) is 30.5 Å². The van der Waals surface area contributed by atoms with E-state index in [4.69, 9.17) is 0 Å². The van der Waals surface area contributed by atoms with E-state index in [0.29, 0.717) is 6.42 Å². The lowest BCUT2D eigenvalue weighted by Gasteiger charge is -2.08. The minimum Gasteiger partial charge on any atom is -0.387 e. The molecule has 0 saturated heterocycles. The summed E-state index contributed by atoms with van der Waals surface area (Å²) in [4.78, 5) is 5.09. The summed E-state index contributed by atoms with van der Waals surface area (Å²) in [6.07, 6.45) is 2.44. The van der Waals surface area contributed by atoms with Crippen LogP contribution in [0.25, 0.3) is 0 Å². The first-order valence-corrected chi connectivity index (χ1v) is 6.87. The molecular formula is C11H12BrN3OS. The second-order valence-electron chi connectivity index (χ2n) is 3.63. The number of hydrogen-bond acceptors (Lipinski definition) is 5. The Bertz CT molecular complexity index is 486. The summed E-state index contributed by atoms with van der Waals surface area (Å²) in [5.74, 6) is 0. The van der Waals surface area contributed by atoms with E-state index >= 15 is 0 Å². The summed E-state index contributed by atoms with van der Waals surface area (Å²) in [6, 6.07) is 3.81. The van der Waals surface area contributed by atoms with Crippen LogP contribution >= 0.6 is 27.5 Å². The highest BCUT2D eigenvalue weighted by atomic mass is 79.9. The quantitative estimate of drug-likeness (QED) is 0.942. The molecule has 1 unspecified atom stereocenters.